The molecule has 0 unspecified atom stereocenters. The minimum atomic E-state index is 1.26. The van der Waals surface area contributed by atoms with Crippen molar-refractivity contribution in [1.29, 1.82) is 0 Å². The first-order chi connectivity index (χ1) is 12.7. The smallest absolute Gasteiger partial charge is 0.0270 e. The summed E-state index contributed by atoms with van der Waals surface area (Å²) in [5, 5.41) is 5.93. The van der Waals surface area contributed by atoms with Crippen LogP contribution in [0.2, 0.25) is 0 Å². The van der Waals surface area contributed by atoms with Crippen molar-refractivity contribution in [1.82, 2.24) is 0 Å². The molecule has 0 saturated heterocycles. The fraction of sp³-hybridized carbons (Fsp3) is 0.500. The van der Waals surface area contributed by atoms with Gasteiger partial charge in [-0.15, -0.1) is 0 Å². The van der Waals surface area contributed by atoms with E-state index >= 15 is 0 Å². The lowest BCUT2D eigenvalue weighted by molar-refractivity contribution is 0.650. The van der Waals surface area contributed by atoms with E-state index in [9.17, 15) is 0 Å². The van der Waals surface area contributed by atoms with Gasteiger partial charge in [-0.2, -0.15) is 0 Å². The SMILES string of the molecule is CCCCCCc1cc2c(cc1CCCCCC)=c1cc(I)c(I)cc1=2. The third-order valence-corrected chi connectivity index (χ3v) is 8.40. The highest BCUT2D eigenvalue weighted by atomic mass is 127. The number of benzene rings is 2. The van der Waals surface area contributed by atoms with Gasteiger partial charge in [0.2, 0.25) is 0 Å². The second-order valence-electron chi connectivity index (χ2n) is 7.60. The fourth-order valence-electron chi connectivity index (χ4n) is 4.01. The van der Waals surface area contributed by atoms with Gasteiger partial charge in [0.05, 0.1) is 0 Å². The summed E-state index contributed by atoms with van der Waals surface area (Å²) >= 11 is 4.93. The zero-order chi connectivity index (χ0) is 18.5. The minimum absolute atomic E-state index is 1.26. The third-order valence-electron chi connectivity index (χ3n) is 5.58. The quantitative estimate of drug-likeness (QED) is 0.171. The van der Waals surface area contributed by atoms with Crippen molar-refractivity contribution in [3.05, 3.63) is 63.4 Å². The van der Waals surface area contributed by atoms with Crippen molar-refractivity contribution in [3.8, 4) is 0 Å². The number of fused-ring (bicyclic) bond motifs is 2. The standard InChI is InChI=1S/C24H30I2/c1-3-5-7-9-11-17-13-19-20(14-18(17)12-10-8-6-4-2)22-16-24(26)23(25)15-21(19)22/h13-16H,3-12H2,1-2H3. The van der Waals surface area contributed by atoms with E-state index in [2.05, 4.69) is 83.3 Å². The Labute approximate surface area is 185 Å². The van der Waals surface area contributed by atoms with Crippen molar-refractivity contribution < 1.29 is 0 Å². The van der Waals surface area contributed by atoms with Crippen LogP contribution in [0.1, 0.15) is 76.3 Å². The van der Waals surface area contributed by atoms with E-state index in [1.54, 1.807) is 11.1 Å². The molecule has 0 bridgehead atoms. The van der Waals surface area contributed by atoms with Crippen LogP contribution in [0.4, 0.5) is 0 Å². The summed E-state index contributed by atoms with van der Waals surface area (Å²) in [6, 6.07) is 9.81. The second kappa shape index (κ2) is 9.90. The number of hydrogen-bond acceptors (Lipinski definition) is 0. The van der Waals surface area contributed by atoms with Crippen molar-refractivity contribution in [3.63, 3.8) is 0 Å². The molecule has 0 radical (unpaired) electrons. The van der Waals surface area contributed by atoms with Gasteiger partial charge in [0, 0.05) is 7.14 Å². The van der Waals surface area contributed by atoms with Crippen LogP contribution < -0.4 is 0 Å². The first-order valence-electron chi connectivity index (χ1n) is 10.3. The van der Waals surface area contributed by atoms with E-state index in [4.69, 9.17) is 0 Å². The predicted octanol–water partition coefficient (Wildman–Crippen LogP) is 8.03. The lowest BCUT2D eigenvalue weighted by atomic mass is 9.91. The highest BCUT2D eigenvalue weighted by Gasteiger charge is 2.11. The van der Waals surface area contributed by atoms with Crippen LogP contribution in [0.5, 0.6) is 0 Å². The Hall–Kier alpha value is -0.100. The molecular formula is C24H30I2. The minimum Gasteiger partial charge on any atom is -0.0654 e. The molecule has 1 aliphatic carbocycles. The zero-order valence-corrected chi connectivity index (χ0v) is 20.5. The van der Waals surface area contributed by atoms with Gasteiger partial charge in [0.15, 0.2) is 0 Å². The molecule has 0 aromatic heterocycles. The number of halogens is 2. The Kier molecular flexibility index (Phi) is 7.86. The van der Waals surface area contributed by atoms with E-state index in [0.717, 1.165) is 0 Å². The maximum Gasteiger partial charge on any atom is 0.0270 e. The summed E-state index contributed by atoms with van der Waals surface area (Å²) in [5.74, 6) is 0. The highest BCUT2D eigenvalue weighted by Crippen LogP contribution is 2.25. The first kappa shape index (κ1) is 20.6. The van der Waals surface area contributed by atoms with E-state index < -0.39 is 0 Å². The van der Waals surface area contributed by atoms with Gasteiger partial charge in [-0.05, 0) is 115 Å². The second-order valence-corrected chi connectivity index (χ2v) is 9.92. The maximum atomic E-state index is 2.53. The Morgan fingerprint density at radius 3 is 1.31 bits per heavy atom. The highest BCUT2D eigenvalue weighted by molar-refractivity contribution is 14.1. The summed E-state index contributed by atoms with van der Waals surface area (Å²) in [6.45, 7) is 4.59. The summed E-state index contributed by atoms with van der Waals surface area (Å²) in [5.41, 5.74) is 3.24. The molecule has 2 aromatic rings. The van der Waals surface area contributed by atoms with Gasteiger partial charge < -0.3 is 0 Å². The first-order valence-corrected chi connectivity index (χ1v) is 12.5. The summed E-state index contributed by atoms with van der Waals surface area (Å²) in [4.78, 5) is 0. The molecule has 0 aliphatic heterocycles. The van der Waals surface area contributed by atoms with Crippen molar-refractivity contribution in [2.75, 3.05) is 0 Å². The summed E-state index contributed by atoms with van der Waals surface area (Å²) in [6.07, 6.45) is 13.3. The van der Waals surface area contributed by atoms with E-state index in [0.29, 0.717) is 0 Å². The summed E-state index contributed by atoms with van der Waals surface area (Å²) < 4.78 is 2.75. The van der Waals surface area contributed by atoms with Gasteiger partial charge in [-0.1, -0.05) is 64.5 Å². The Bertz CT molecular complexity index is 866. The van der Waals surface area contributed by atoms with Crippen LogP contribution in [-0.4, -0.2) is 0 Å². The predicted molar refractivity (Wildman–Crippen MR) is 129 cm³/mol. The van der Waals surface area contributed by atoms with Gasteiger partial charge >= 0.3 is 0 Å². The van der Waals surface area contributed by atoms with Gasteiger partial charge in [-0.25, -0.2) is 0 Å². The molecule has 2 heteroatoms. The van der Waals surface area contributed by atoms with Gasteiger partial charge in [0.25, 0.3) is 0 Å². The molecule has 0 N–H and O–H groups in total. The molecule has 0 amide bonds. The number of aryl methyl sites for hydroxylation is 2. The molecular weight excluding hydrogens is 542 g/mol. The average molecular weight is 572 g/mol. The topological polar surface area (TPSA) is 0 Å². The Morgan fingerprint density at radius 2 is 0.923 bits per heavy atom. The lowest BCUT2D eigenvalue weighted by Crippen LogP contribution is -2.02. The fourth-order valence-corrected chi connectivity index (χ4v) is 4.95. The largest absolute Gasteiger partial charge is 0.0654 e. The Balaban J connectivity index is 1.92. The third kappa shape index (κ3) is 4.65. The lowest BCUT2D eigenvalue weighted by Gasteiger charge is -2.15. The van der Waals surface area contributed by atoms with Crippen LogP contribution >= 0.6 is 45.2 Å². The van der Waals surface area contributed by atoms with Crippen LogP contribution in [0.3, 0.4) is 0 Å². The molecule has 0 heterocycles. The van der Waals surface area contributed by atoms with Crippen molar-refractivity contribution in [2.45, 2.75) is 78.1 Å². The molecule has 3 rings (SSSR count). The van der Waals surface area contributed by atoms with E-state index in [-0.39, 0.29) is 0 Å². The Morgan fingerprint density at radius 1 is 0.538 bits per heavy atom. The molecule has 26 heavy (non-hydrogen) atoms. The zero-order valence-electron chi connectivity index (χ0n) is 16.1. The van der Waals surface area contributed by atoms with Crippen LogP contribution in [0.25, 0.3) is 0 Å². The molecule has 0 fully saturated rings. The van der Waals surface area contributed by atoms with E-state index in [1.807, 2.05) is 0 Å². The average Bonchev–Trinajstić information content (AvgIpc) is 2.64. The van der Waals surface area contributed by atoms with Crippen LogP contribution in [0, 0.1) is 28.0 Å². The molecule has 1 aliphatic rings. The maximum absolute atomic E-state index is 2.53. The van der Waals surface area contributed by atoms with E-state index in [1.165, 1.54) is 92.2 Å². The molecule has 0 atom stereocenters. The molecule has 0 nitrogen and oxygen atoms in total. The monoisotopic (exact) mass is 572 g/mol. The normalized spacial score (nSPS) is 11.8. The van der Waals surface area contributed by atoms with Crippen LogP contribution in [-0.2, 0) is 12.8 Å². The molecule has 140 valence electrons. The van der Waals surface area contributed by atoms with Crippen molar-refractivity contribution in [2.24, 2.45) is 0 Å². The van der Waals surface area contributed by atoms with Crippen molar-refractivity contribution >= 4 is 45.2 Å². The number of unbranched alkanes of at least 4 members (excludes halogenated alkanes) is 6. The molecule has 2 aromatic carbocycles. The van der Waals surface area contributed by atoms with Gasteiger partial charge in [-0.3, -0.25) is 0 Å². The van der Waals surface area contributed by atoms with Gasteiger partial charge in [0.1, 0.15) is 0 Å². The molecule has 0 saturated carbocycles. The number of hydrogen-bond donors (Lipinski definition) is 0. The van der Waals surface area contributed by atoms with Crippen LogP contribution in [0.15, 0.2) is 24.3 Å². The molecule has 0 spiro atoms. The summed E-state index contributed by atoms with van der Waals surface area (Å²) in [7, 11) is 0. The number of rotatable bonds is 10.